The Kier molecular flexibility index (Phi) is 6.32. The molecular weight excluding hydrogens is 338 g/mol. The number of ether oxygens (including phenoxy) is 1. The smallest absolute Gasteiger partial charge is 0.255 e. The number of aromatic nitrogens is 1. The first-order chi connectivity index (χ1) is 13.2. The summed E-state index contributed by atoms with van der Waals surface area (Å²) in [6, 6.07) is 12.1. The highest BCUT2D eigenvalue weighted by molar-refractivity contribution is 5.94. The summed E-state index contributed by atoms with van der Waals surface area (Å²) in [6.07, 6.45) is 3.73. The zero-order valence-electron chi connectivity index (χ0n) is 16.5. The minimum absolute atomic E-state index is 0.0602. The maximum Gasteiger partial charge on any atom is 0.255 e. The number of carbonyl (C=O) groups is 1. The van der Waals surface area contributed by atoms with Gasteiger partial charge in [-0.1, -0.05) is 12.1 Å². The summed E-state index contributed by atoms with van der Waals surface area (Å²) in [7, 11) is 0. The number of likely N-dealkylation sites (tertiary alicyclic amines) is 1. The van der Waals surface area contributed by atoms with E-state index < -0.39 is 0 Å². The quantitative estimate of drug-likeness (QED) is 0.732. The molecule has 1 saturated heterocycles. The second-order valence-electron chi connectivity index (χ2n) is 6.74. The first-order valence-corrected chi connectivity index (χ1v) is 9.92. The van der Waals surface area contributed by atoms with Crippen LogP contribution in [0.25, 0.3) is 0 Å². The summed E-state index contributed by atoms with van der Waals surface area (Å²) in [5.41, 5.74) is 1.82. The minimum atomic E-state index is 0.0602. The maximum atomic E-state index is 13.1. The van der Waals surface area contributed by atoms with E-state index in [0.29, 0.717) is 12.2 Å². The molecule has 1 aromatic heterocycles. The first kappa shape index (κ1) is 19.2. The Morgan fingerprint density at radius 1 is 1.15 bits per heavy atom. The van der Waals surface area contributed by atoms with Gasteiger partial charge in [0, 0.05) is 25.8 Å². The molecule has 1 fully saturated rings. The van der Waals surface area contributed by atoms with Crippen molar-refractivity contribution in [2.45, 2.75) is 39.7 Å². The highest BCUT2D eigenvalue weighted by atomic mass is 16.5. The number of hydrogen-bond donors (Lipinski definition) is 0. The van der Waals surface area contributed by atoms with Gasteiger partial charge in [0.25, 0.3) is 5.91 Å². The third-order valence-electron chi connectivity index (χ3n) is 5.17. The lowest BCUT2D eigenvalue weighted by molar-refractivity contribution is 0.0735. The predicted molar refractivity (Wildman–Crippen MR) is 108 cm³/mol. The number of hydrogen-bond acceptors (Lipinski definition) is 4. The first-order valence-electron chi connectivity index (χ1n) is 9.92. The average molecular weight is 367 g/mol. The number of pyridine rings is 1. The molecule has 3 rings (SSSR count). The molecule has 1 aliphatic rings. The lowest BCUT2D eigenvalue weighted by Crippen LogP contribution is -2.31. The SMILES string of the molecule is CCOc1ccc(C2CCCN2C(=O)c2ccc(N(CC)CC)nc2)cc1. The zero-order chi connectivity index (χ0) is 19.2. The van der Waals surface area contributed by atoms with Crippen LogP contribution in [0.4, 0.5) is 5.82 Å². The summed E-state index contributed by atoms with van der Waals surface area (Å²) in [6.45, 7) is 9.44. The normalized spacial score (nSPS) is 16.4. The molecule has 0 saturated carbocycles. The van der Waals surface area contributed by atoms with Gasteiger partial charge in [-0.05, 0) is 63.4 Å². The van der Waals surface area contributed by atoms with Crippen molar-refractivity contribution < 1.29 is 9.53 Å². The van der Waals surface area contributed by atoms with E-state index in [0.717, 1.165) is 49.6 Å². The highest BCUT2D eigenvalue weighted by Crippen LogP contribution is 2.34. The van der Waals surface area contributed by atoms with Gasteiger partial charge in [-0.2, -0.15) is 0 Å². The molecule has 0 aliphatic carbocycles. The fourth-order valence-electron chi connectivity index (χ4n) is 3.72. The number of carbonyl (C=O) groups excluding carboxylic acids is 1. The van der Waals surface area contributed by atoms with Crippen LogP contribution in [-0.4, -0.2) is 42.0 Å². The summed E-state index contributed by atoms with van der Waals surface area (Å²) in [5.74, 6) is 1.85. The molecular formula is C22H29N3O2. The van der Waals surface area contributed by atoms with Crippen molar-refractivity contribution in [2.24, 2.45) is 0 Å². The van der Waals surface area contributed by atoms with Crippen LogP contribution >= 0.6 is 0 Å². The standard InChI is InChI=1S/C22H29N3O2/c1-4-24(5-2)21-14-11-18(16-23-21)22(26)25-15-7-8-20(25)17-9-12-19(13-10-17)27-6-3/h9-14,16,20H,4-8,15H2,1-3H3. The Balaban J connectivity index is 1.75. The van der Waals surface area contributed by atoms with Crippen molar-refractivity contribution in [1.29, 1.82) is 0 Å². The summed E-state index contributed by atoms with van der Waals surface area (Å²) >= 11 is 0. The van der Waals surface area contributed by atoms with Gasteiger partial charge in [0.05, 0.1) is 18.2 Å². The van der Waals surface area contributed by atoms with Crippen LogP contribution < -0.4 is 9.64 Å². The molecule has 0 bridgehead atoms. The topological polar surface area (TPSA) is 45.7 Å². The number of amides is 1. The largest absolute Gasteiger partial charge is 0.494 e. The monoisotopic (exact) mass is 367 g/mol. The van der Waals surface area contributed by atoms with E-state index >= 15 is 0 Å². The molecule has 0 radical (unpaired) electrons. The molecule has 1 aromatic carbocycles. The molecule has 144 valence electrons. The van der Waals surface area contributed by atoms with E-state index in [9.17, 15) is 4.79 Å². The van der Waals surface area contributed by atoms with Crippen LogP contribution in [0.3, 0.4) is 0 Å². The van der Waals surface area contributed by atoms with Gasteiger partial charge in [0.1, 0.15) is 11.6 Å². The molecule has 0 N–H and O–H groups in total. The molecule has 5 heteroatoms. The minimum Gasteiger partial charge on any atom is -0.494 e. The van der Waals surface area contributed by atoms with Gasteiger partial charge in [0.15, 0.2) is 0 Å². The molecule has 1 amide bonds. The second-order valence-corrected chi connectivity index (χ2v) is 6.74. The Bertz CT molecular complexity index is 739. The van der Waals surface area contributed by atoms with E-state index in [1.54, 1.807) is 6.20 Å². The highest BCUT2D eigenvalue weighted by Gasteiger charge is 2.30. The van der Waals surface area contributed by atoms with Gasteiger partial charge in [0.2, 0.25) is 0 Å². The Morgan fingerprint density at radius 2 is 1.89 bits per heavy atom. The van der Waals surface area contributed by atoms with Crippen LogP contribution in [0.2, 0.25) is 0 Å². The molecule has 27 heavy (non-hydrogen) atoms. The van der Waals surface area contributed by atoms with Gasteiger partial charge in [-0.3, -0.25) is 4.79 Å². The number of nitrogens with zero attached hydrogens (tertiary/aromatic N) is 3. The van der Waals surface area contributed by atoms with Crippen LogP contribution in [0.1, 0.15) is 55.6 Å². The van der Waals surface area contributed by atoms with E-state index in [-0.39, 0.29) is 11.9 Å². The maximum absolute atomic E-state index is 13.1. The Hall–Kier alpha value is -2.56. The lowest BCUT2D eigenvalue weighted by Gasteiger charge is -2.26. The molecule has 1 unspecified atom stereocenters. The fraction of sp³-hybridized carbons (Fsp3) is 0.455. The zero-order valence-corrected chi connectivity index (χ0v) is 16.5. The van der Waals surface area contributed by atoms with Gasteiger partial charge in [-0.15, -0.1) is 0 Å². The Morgan fingerprint density at radius 3 is 2.48 bits per heavy atom. The molecule has 1 atom stereocenters. The lowest BCUT2D eigenvalue weighted by atomic mass is 10.0. The van der Waals surface area contributed by atoms with E-state index in [1.807, 2.05) is 36.1 Å². The molecule has 1 aliphatic heterocycles. The van der Waals surface area contributed by atoms with Crippen molar-refractivity contribution in [1.82, 2.24) is 9.88 Å². The van der Waals surface area contributed by atoms with Crippen LogP contribution in [-0.2, 0) is 0 Å². The van der Waals surface area contributed by atoms with E-state index in [1.165, 1.54) is 0 Å². The summed E-state index contributed by atoms with van der Waals surface area (Å²) in [5, 5.41) is 0. The van der Waals surface area contributed by atoms with E-state index in [4.69, 9.17) is 4.74 Å². The van der Waals surface area contributed by atoms with Crippen molar-refractivity contribution in [3.05, 3.63) is 53.7 Å². The molecule has 0 spiro atoms. The van der Waals surface area contributed by atoms with Crippen molar-refractivity contribution in [2.75, 3.05) is 31.1 Å². The Labute approximate surface area is 162 Å². The van der Waals surface area contributed by atoms with Gasteiger partial charge < -0.3 is 14.5 Å². The molecule has 5 nitrogen and oxygen atoms in total. The van der Waals surface area contributed by atoms with Crippen molar-refractivity contribution >= 4 is 11.7 Å². The van der Waals surface area contributed by atoms with Crippen LogP contribution in [0.15, 0.2) is 42.6 Å². The van der Waals surface area contributed by atoms with Crippen molar-refractivity contribution in [3.8, 4) is 5.75 Å². The van der Waals surface area contributed by atoms with Gasteiger partial charge >= 0.3 is 0 Å². The number of anilines is 1. The third kappa shape index (κ3) is 4.24. The third-order valence-corrected chi connectivity index (χ3v) is 5.17. The average Bonchev–Trinajstić information content (AvgIpc) is 3.19. The van der Waals surface area contributed by atoms with Gasteiger partial charge in [-0.25, -0.2) is 4.98 Å². The second kappa shape index (κ2) is 8.89. The summed E-state index contributed by atoms with van der Waals surface area (Å²) < 4.78 is 5.52. The number of benzene rings is 1. The van der Waals surface area contributed by atoms with Crippen LogP contribution in [0, 0.1) is 0 Å². The van der Waals surface area contributed by atoms with Crippen molar-refractivity contribution in [3.63, 3.8) is 0 Å². The summed E-state index contributed by atoms with van der Waals surface area (Å²) in [4.78, 5) is 21.7. The number of rotatable bonds is 7. The fourth-order valence-corrected chi connectivity index (χ4v) is 3.72. The molecule has 2 heterocycles. The molecule has 2 aromatic rings. The predicted octanol–water partition coefficient (Wildman–Crippen LogP) is 4.30. The van der Waals surface area contributed by atoms with E-state index in [2.05, 4.69) is 35.9 Å². The van der Waals surface area contributed by atoms with Crippen LogP contribution in [0.5, 0.6) is 5.75 Å².